The van der Waals surface area contributed by atoms with Gasteiger partial charge in [-0.15, -0.1) is 6.26 Å². The number of hydrogen-bond donors (Lipinski definition) is 0. The van der Waals surface area contributed by atoms with Crippen LogP contribution >= 0.6 is 11.6 Å². The van der Waals surface area contributed by atoms with E-state index in [1.54, 1.807) is 18.2 Å². The Morgan fingerprint density at radius 2 is 1.62 bits per heavy atom. The molecule has 0 atom stereocenters. The van der Waals surface area contributed by atoms with E-state index in [1.807, 2.05) is 0 Å². The second-order valence-corrected chi connectivity index (χ2v) is 8.31. The first-order valence-electron chi connectivity index (χ1n) is 11.3. The van der Waals surface area contributed by atoms with Crippen molar-refractivity contribution >= 4 is 29.0 Å². The van der Waals surface area contributed by atoms with E-state index >= 15 is 0 Å². The summed E-state index contributed by atoms with van der Waals surface area (Å²) in [5.74, 6) is -1.13. The predicted octanol–water partition coefficient (Wildman–Crippen LogP) is 1.87. The normalized spacial score (nSPS) is 14.9. The third kappa shape index (κ3) is 9.54. The van der Waals surface area contributed by atoms with Crippen molar-refractivity contribution in [2.75, 3.05) is 18.1 Å². The summed E-state index contributed by atoms with van der Waals surface area (Å²) in [7, 11) is 0. The maximum absolute atomic E-state index is 12.2. The van der Waals surface area contributed by atoms with Crippen LogP contribution in [-0.2, 0) is 26.0 Å². The van der Waals surface area contributed by atoms with Gasteiger partial charge in [-0.25, -0.2) is 9.78 Å². The van der Waals surface area contributed by atoms with Gasteiger partial charge in [-0.3, -0.25) is 14.5 Å². The Bertz CT molecular complexity index is 756. The fourth-order valence-electron chi connectivity index (χ4n) is 3.55. The number of carbonyl (C=O) groups is 2. The summed E-state index contributed by atoms with van der Waals surface area (Å²) in [5.41, 5.74) is 0.785. The Kier molecular flexibility index (Phi) is 15.2. The quantitative estimate of drug-likeness (QED) is 0.0739. The molecular formula is C24H33ClNNaO5. The zero-order valence-electron chi connectivity index (χ0n) is 19.4. The number of halogens is 1. The van der Waals surface area contributed by atoms with Crippen LogP contribution in [0.15, 0.2) is 30.0 Å². The number of ketones is 1. The van der Waals surface area contributed by atoms with Gasteiger partial charge in [0.1, 0.15) is 6.61 Å². The number of rotatable bonds is 15. The number of unbranched alkanes of at least 4 members (excludes halogenated alkanes) is 9. The molecule has 0 radical (unpaired) electrons. The molecule has 0 saturated carbocycles. The van der Waals surface area contributed by atoms with Gasteiger partial charge in [0.15, 0.2) is 5.78 Å². The van der Waals surface area contributed by atoms with E-state index in [0.717, 1.165) is 18.4 Å². The molecule has 172 valence electrons. The monoisotopic (exact) mass is 473 g/mol. The molecule has 1 amide bonds. The summed E-state index contributed by atoms with van der Waals surface area (Å²) in [6.07, 6.45) is 12.9. The van der Waals surface area contributed by atoms with E-state index in [0.29, 0.717) is 23.6 Å². The van der Waals surface area contributed by atoms with Gasteiger partial charge >= 0.3 is 29.6 Å². The molecule has 1 aromatic rings. The number of carbonyl (C=O) groups excluding carboxylic acids is 2. The topological polar surface area (TPSA) is 78.9 Å². The predicted molar refractivity (Wildman–Crippen MR) is 119 cm³/mol. The van der Waals surface area contributed by atoms with Crippen LogP contribution in [0.4, 0.5) is 5.69 Å². The standard InChI is InChI=1S/C24H34ClNO5.Na/c1-2-3-4-5-6-7-8-9-10-11-14-30-31-18-19-12-13-21(25)22(15-19)26-16-23(28)20(17-27)24(26)29;/h12-13,15,17,27H,2-11,14,16,18H2,1H3;/q;+1/p-1/b20-17+;. The summed E-state index contributed by atoms with van der Waals surface area (Å²) in [6.45, 7) is 2.78. The van der Waals surface area contributed by atoms with Crippen LogP contribution in [0.25, 0.3) is 0 Å². The van der Waals surface area contributed by atoms with E-state index in [1.165, 1.54) is 56.3 Å². The molecule has 1 aliphatic heterocycles. The molecule has 6 nitrogen and oxygen atoms in total. The first-order chi connectivity index (χ1) is 15.1. The number of nitrogens with zero attached hydrogens (tertiary/aromatic N) is 1. The van der Waals surface area contributed by atoms with Gasteiger partial charge in [-0.05, 0) is 24.1 Å². The first-order valence-corrected chi connectivity index (χ1v) is 11.7. The molecule has 0 N–H and O–H groups in total. The van der Waals surface area contributed by atoms with Gasteiger partial charge in [0.25, 0.3) is 5.91 Å². The average molecular weight is 474 g/mol. The van der Waals surface area contributed by atoms with Crippen molar-refractivity contribution in [2.45, 2.75) is 77.7 Å². The molecule has 0 aromatic heterocycles. The molecule has 32 heavy (non-hydrogen) atoms. The summed E-state index contributed by atoms with van der Waals surface area (Å²) in [4.78, 5) is 35.8. The third-order valence-electron chi connectivity index (χ3n) is 5.39. The Labute approximate surface area is 218 Å². The van der Waals surface area contributed by atoms with E-state index in [9.17, 15) is 14.7 Å². The fourth-order valence-corrected chi connectivity index (χ4v) is 3.77. The van der Waals surface area contributed by atoms with Crippen molar-refractivity contribution in [1.29, 1.82) is 0 Å². The average Bonchev–Trinajstić information content (AvgIpc) is 3.05. The Hall–Kier alpha value is -0.890. The van der Waals surface area contributed by atoms with Crippen LogP contribution in [-0.4, -0.2) is 24.8 Å². The molecular weight excluding hydrogens is 441 g/mol. The number of amides is 1. The van der Waals surface area contributed by atoms with Gasteiger partial charge in [0.05, 0.1) is 29.4 Å². The number of hydrogen-bond acceptors (Lipinski definition) is 5. The van der Waals surface area contributed by atoms with Crippen molar-refractivity contribution in [3.05, 3.63) is 40.6 Å². The molecule has 1 saturated heterocycles. The second-order valence-electron chi connectivity index (χ2n) is 7.90. The van der Waals surface area contributed by atoms with E-state index in [4.69, 9.17) is 21.4 Å². The molecule has 2 rings (SSSR count). The van der Waals surface area contributed by atoms with Crippen molar-refractivity contribution in [3.8, 4) is 0 Å². The van der Waals surface area contributed by atoms with Gasteiger partial charge in [0.2, 0.25) is 0 Å². The Morgan fingerprint density at radius 3 is 2.22 bits per heavy atom. The molecule has 0 unspecified atom stereocenters. The zero-order chi connectivity index (χ0) is 22.5. The molecule has 0 aliphatic carbocycles. The molecule has 8 heteroatoms. The van der Waals surface area contributed by atoms with Crippen molar-refractivity contribution in [1.82, 2.24) is 0 Å². The summed E-state index contributed by atoms with van der Waals surface area (Å²) in [6, 6.07) is 5.07. The number of Topliss-reactive ketones (excluding diaryl/α,β-unsaturated/α-hetero) is 1. The van der Waals surface area contributed by atoms with Crippen LogP contribution in [0.2, 0.25) is 5.02 Å². The molecule has 1 aromatic carbocycles. The minimum Gasteiger partial charge on any atom is -0.877 e. The van der Waals surface area contributed by atoms with E-state index in [-0.39, 0.29) is 48.3 Å². The van der Waals surface area contributed by atoms with E-state index < -0.39 is 11.7 Å². The van der Waals surface area contributed by atoms with Crippen LogP contribution < -0.4 is 39.6 Å². The van der Waals surface area contributed by atoms with Gasteiger partial charge in [-0.1, -0.05) is 82.4 Å². The zero-order valence-corrected chi connectivity index (χ0v) is 22.1. The first kappa shape index (κ1) is 29.1. The number of benzene rings is 1. The molecule has 1 fully saturated rings. The summed E-state index contributed by atoms with van der Waals surface area (Å²) in [5, 5.41) is 11.3. The largest absolute Gasteiger partial charge is 1.00 e. The van der Waals surface area contributed by atoms with Crippen molar-refractivity contribution < 1.29 is 54.0 Å². The minimum absolute atomic E-state index is 0. The van der Waals surface area contributed by atoms with E-state index in [2.05, 4.69) is 6.92 Å². The van der Waals surface area contributed by atoms with Gasteiger partial charge in [0, 0.05) is 0 Å². The summed E-state index contributed by atoms with van der Waals surface area (Å²) < 4.78 is 0. The fraction of sp³-hybridized carbons (Fsp3) is 0.583. The van der Waals surface area contributed by atoms with Crippen molar-refractivity contribution in [3.63, 3.8) is 0 Å². The molecule has 1 heterocycles. The smallest absolute Gasteiger partial charge is 0.877 e. The molecule has 0 spiro atoms. The minimum atomic E-state index is -0.628. The maximum Gasteiger partial charge on any atom is 1.00 e. The van der Waals surface area contributed by atoms with Crippen LogP contribution in [0.5, 0.6) is 0 Å². The van der Waals surface area contributed by atoms with Crippen LogP contribution in [0, 0.1) is 0 Å². The van der Waals surface area contributed by atoms with Crippen LogP contribution in [0.3, 0.4) is 0 Å². The second kappa shape index (κ2) is 16.7. The Morgan fingerprint density at radius 1 is 1.00 bits per heavy atom. The molecule has 1 aliphatic rings. The van der Waals surface area contributed by atoms with Crippen LogP contribution in [0.1, 0.15) is 76.7 Å². The Balaban J connectivity index is 0.00000512. The number of anilines is 1. The summed E-state index contributed by atoms with van der Waals surface area (Å²) >= 11 is 6.19. The molecule has 0 bridgehead atoms. The third-order valence-corrected chi connectivity index (χ3v) is 5.71. The van der Waals surface area contributed by atoms with Crippen molar-refractivity contribution in [2.24, 2.45) is 0 Å². The van der Waals surface area contributed by atoms with Gasteiger partial charge < -0.3 is 5.11 Å². The van der Waals surface area contributed by atoms with Gasteiger partial charge in [-0.2, -0.15) is 0 Å². The SMILES string of the molecule is CCCCCCCCCCCCOOCc1ccc(Cl)c(N2CC(=O)/C(=C\[O-])C2=O)c1.[Na+]. The maximum atomic E-state index is 12.2.